The van der Waals surface area contributed by atoms with Crippen LogP contribution in [0.5, 0.6) is 0 Å². The van der Waals surface area contributed by atoms with Crippen LogP contribution in [0.25, 0.3) is 0 Å². The Hall–Kier alpha value is -2.20. The molecule has 0 aliphatic rings. The van der Waals surface area contributed by atoms with E-state index in [0.717, 1.165) is 20.5 Å². The first kappa shape index (κ1) is 28.0. The van der Waals surface area contributed by atoms with E-state index in [1.807, 2.05) is 14.1 Å². The van der Waals surface area contributed by atoms with Gasteiger partial charge in [0.05, 0.1) is 6.67 Å². The summed E-state index contributed by atoms with van der Waals surface area (Å²) in [5, 5.41) is 25.5. The normalized spacial score (nSPS) is 7.55. The molecule has 6 N–H and O–H groups in total. The van der Waals surface area contributed by atoms with Crippen LogP contribution in [0, 0.1) is 0 Å². The first-order chi connectivity index (χ1) is 10.0. The molecular weight excluding hydrogens is 296 g/mol. The van der Waals surface area contributed by atoms with Gasteiger partial charge in [-0.3, -0.25) is 19.2 Å². The summed E-state index contributed by atoms with van der Waals surface area (Å²) in [5.74, 6) is -1.97. The van der Waals surface area contributed by atoms with Crippen molar-refractivity contribution < 1.29 is 29.4 Å². The van der Waals surface area contributed by atoms with Gasteiger partial charge >= 0.3 is 0 Å². The highest BCUT2D eigenvalue weighted by Gasteiger charge is 1.89. The molecule has 0 saturated heterocycles. The molecule has 0 fully saturated rings. The number of hydrogen-bond acceptors (Lipinski definition) is 6. The van der Waals surface area contributed by atoms with Crippen LogP contribution < -0.4 is 21.3 Å². The van der Waals surface area contributed by atoms with Crippen LogP contribution in [-0.4, -0.2) is 61.4 Å². The standard InChI is InChI=1S/C5H10N2O2.C3H10N2.2C2H4O2/c1-4(8)6-3-7-5(2)9;1-4-3-5-2;2*1-2(3)4/h3H2,1-2H3,(H,6,8)(H,7,9);4-5H,3H2,1-2H3;2*1H3,(H,3,4). The lowest BCUT2D eigenvalue weighted by Crippen LogP contribution is -2.34. The first-order valence-corrected chi connectivity index (χ1v) is 6.18. The van der Waals surface area contributed by atoms with E-state index >= 15 is 0 Å². The smallest absolute Gasteiger partial charge is 0.300 e. The van der Waals surface area contributed by atoms with Gasteiger partial charge in [0.15, 0.2) is 0 Å². The molecule has 10 nitrogen and oxygen atoms in total. The van der Waals surface area contributed by atoms with Crippen molar-refractivity contribution in [1.82, 2.24) is 21.3 Å². The molecule has 0 saturated carbocycles. The molecular formula is C12H28N4O6. The Labute approximate surface area is 130 Å². The number of hydrogen-bond donors (Lipinski definition) is 6. The predicted octanol–water partition coefficient (Wildman–Crippen LogP) is -1.22. The van der Waals surface area contributed by atoms with Gasteiger partial charge < -0.3 is 31.5 Å². The molecule has 22 heavy (non-hydrogen) atoms. The van der Waals surface area contributed by atoms with Gasteiger partial charge in [-0.25, -0.2) is 0 Å². The molecule has 0 atom stereocenters. The van der Waals surface area contributed by atoms with E-state index in [9.17, 15) is 9.59 Å². The highest BCUT2D eigenvalue weighted by atomic mass is 16.4. The third-order valence-corrected chi connectivity index (χ3v) is 1.03. The van der Waals surface area contributed by atoms with Crippen molar-refractivity contribution in [3.8, 4) is 0 Å². The molecule has 0 aromatic heterocycles. The minimum atomic E-state index is -0.833. The van der Waals surface area contributed by atoms with Gasteiger partial charge in [0.25, 0.3) is 11.9 Å². The highest BCUT2D eigenvalue weighted by molar-refractivity contribution is 5.75. The Morgan fingerprint density at radius 2 is 0.909 bits per heavy atom. The molecule has 0 spiro atoms. The lowest BCUT2D eigenvalue weighted by Gasteiger charge is -2.00. The van der Waals surface area contributed by atoms with E-state index in [2.05, 4.69) is 21.3 Å². The average molecular weight is 324 g/mol. The largest absolute Gasteiger partial charge is 0.481 e. The Bertz CT molecular complexity index is 274. The van der Waals surface area contributed by atoms with Crippen LogP contribution in [0.2, 0.25) is 0 Å². The van der Waals surface area contributed by atoms with Gasteiger partial charge in [-0.15, -0.1) is 0 Å². The summed E-state index contributed by atoms with van der Waals surface area (Å²) in [5.41, 5.74) is 0. The zero-order chi connectivity index (χ0) is 18.6. The van der Waals surface area contributed by atoms with E-state index < -0.39 is 11.9 Å². The van der Waals surface area contributed by atoms with E-state index in [4.69, 9.17) is 19.8 Å². The molecule has 0 heterocycles. The van der Waals surface area contributed by atoms with E-state index in [1.54, 1.807) is 0 Å². The number of carboxylic acid groups (broad SMARTS) is 2. The van der Waals surface area contributed by atoms with Gasteiger partial charge in [-0.05, 0) is 14.1 Å². The van der Waals surface area contributed by atoms with Gasteiger partial charge in [-0.1, -0.05) is 0 Å². The number of carboxylic acids is 2. The summed E-state index contributed by atoms with van der Waals surface area (Å²) in [6, 6.07) is 0. The Morgan fingerprint density at radius 3 is 1.00 bits per heavy atom. The van der Waals surface area contributed by atoms with Gasteiger partial charge in [0, 0.05) is 34.4 Å². The maximum atomic E-state index is 10.2. The molecule has 0 unspecified atom stereocenters. The molecule has 0 aliphatic heterocycles. The monoisotopic (exact) mass is 324 g/mol. The molecule has 2 amide bonds. The van der Waals surface area contributed by atoms with Crippen LogP contribution >= 0.6 is 0 Å². The summed E-state index contributed by atoms with van der Waals surface area (Å²) < 4.78 is 0. The maximum Gasteiger partial charge on any atom is 0.300 e. The Morgan fingerprint density at radius 1 is 0.682 bits per heavy atom. The molecule has 0 rings (SSSR count). The number of carbonyl (C=O) groups excluding carboxylic acids is 2. The SMILES string of the molecule is CC(=O)NCNC(C)=O.CC(=O)O.CC(=O)O.CNCNC. The first-order valence-electron chi connectivity index (χ1n) is 6.18. The van der Waals surface area contributed by atoms with E-state index in [-0.39, 0.29) is 18.5 Å². The Kier molecular flexibility index (Phi) is 30.4. The zero-order valence-electron chi connectivity index (χ0n) is 13.9. The van der Waals surface area contributed by atoms with Gasteiger partial charge in [0.1, 0.15) is 0 Å². The van der Waals surface area contributed by atoms with Gasteiger partial charge in [-0.2, -0.15) is 0 Å². The van der Waals surface area contributed by atoms with E-state index in [1.165, 1.54) is 13.8 Å². The van der Waals surface area contributed by atoms with Crippen LogP contribution in [0.1, 0.15) is 27.7 Å². The minimum Gasteiger partial charge on any atom is -0.481 e. The number of nitrogens with one attached hydrogen (secondary N) is 4. The molecule has 0 aromatic rings. The van der Waals surface area contributed by atoms with E-state index in [0.29, 0.717) is 0 Å². The van der Waals surface area contributed by atoms with Crippen LogP contribution in [0.3, 0.4) is 0 Å². The minimum absolute atomic E-state index is 0.149. The molecule has 0 aromatic carbocycles. The number of rotatable bonds is 4. The fourth-order valence-corrected chi connectivity index (χ4v) is 0.470. The summed E-state index contributed by atoms with van der Waals surface area (Å²) in [7, 11) is 3.80. The summed E-state index contributed by atoms with van der Waals surface area (Å²) in [6.07, 6.45) is 0. The number of amides is 2. The molecule has 0 aliphatic carbocycles. The molecule has 10 heteroatoms. The van der Waals surface area contributed by atoms with Gasteiger partial charge in [0.2, 0.25) is 11.8 Å². The molecule has 132 valence electrons. The molecule has 0 radical (unpaired) electrons. The van der Waals surface area contributed by atoms with Crippen molar-refractivity contribution in [2.24, 2.45) is 0 Å². The maximum absolute atomic E-state index is 10.2. The van der Waals surface area contributed by atoms with Crippen molar-refractivity contribution in [3.63, 3.8) is 0 Å². The second-order valence-corrected chi connectivity index (χ2v) is 3.56. The average Bonchev–Trinajstić information content (AvgIpc) is 2.28. The lowest BCUT2D eigenvalue weighted by molar-refractivity contribution is -0.135. The van der Waals surface area contributed by atoms with Crippen molar-refractivity contribution in [3.05, 3.63) is 0 Å². The third kappa shape index (κ3) is 149. The quantitative estimate of drug-likeness (QED) is 0.351. The van der Waals surface area contributed by atoms with Crippen molar-refractivity contribution in [2.45, 2.75) is 27.7 Å². The second-order valence-electron chi connectivity index (χ2n) is 3.56. The lowest BCUT2D eigenvalue weighted by atomic mass is 10.7. The van der Waals surface area contributed by atoms with Crippen molar-refractivity contribution >= 4 is 23.8 Å². The topological polar surface area (TPSA) is 157 Å². The van der Waals surface area contributed by atoms with Crippen molar-refractivity contribution in [1.29, 1.82) is 0 Å². The Balaban J connectivity index is -0.000000107. The fraction of sp³-hybridized carbons (Fsp3) is 0.667. The fourth-order valence-electron chi connectivity index (χ4n) is 0.470. The van der Waals surface area contributed by atoms with Crippen LogP contribution in [0.4, 0.5) is 0 Å². The highest BCUT2D eigenvalue weighted by Crippen LogP contribution is 1.58. The third-order valence-electron chi connectivity index (χ3n) is 1.03. The number of aliphatic carboxylic acids is 2. The summed E-state index contributed by atoms with van der Waals surface area (Å²) >= 11 is 0. The zero-order valence-corrected chi connectivity index (χ0v) is 13.9. The van der Waals surface area contributed by atoms with Crippen LogP contribution in [-0.2, 0) is 19.2 Å². The summed E-state index contributed by atoms with van der Waals surface area (Å²) in [6.45, 7) is 6.05. The number of carbonyl (C=O) groups is 4. The summed E-state index contributed by atoms with van der Waals surface area (Å²) in [4.78, 5) is 38.3. The molecule has 0 bridgehead atoms. The van der Waals surface area contributed by atoms with Crippen LogP contribution in [0.15, 0.2) is 0 Å². The second kappa shape index (κ2) is 23.9. The van der Waals surface area contributed by atoms with Crippen molar-refractivity contribution in [2.75, 3.05) is 27.4 Å². The predicted molar refractivity (Wildman–Crippen MR) is 82.1 cm³/mol.